The lowest BCUT2D eigenvalue weighted by Crippen LogP contribution is -2.14. The summed E-state index contributed by atoms with van der Waals surface area (Å²) in [6, 6.07) is 19.4. The third-order valence-electron chi connectivity index (χ3n) is 4.19. The van der Waals surface area contributed by atoms with Gasteiger partial charge in [-0.15, -0.1) is 0 Å². The van der Waals surface area contributed by atoms with Crippen LogP contribution in [0.25, 0.3) is 0 Å². The van der Waals surface area contributed by atoms with E-state index in [1.165, 1.54) is 0 Å². The van der Waals surface area contributed by atoms with Crippen molar-refractivity contribution in [1.29, 1.82) is 0 Å². The summed E-state index contributed by atoms with van der Waals surface area (Å²) >= 11 is 0. The summed E-state index contributed by atoms with van der Waals surface area (Å²) in [5, 5.41) is 3.25. The van der Waals surface area contributed by atoms with E-state index in [1.54, 1.807) is 63.6 Å². The summed E-state index contributed by atoms with van der Waals surface area (Å²) in [6.07, 6.45) is 0. The first-order chi connectivity index (χ1) is 13.4. The molecule has 0 aromatic heterocycles. The zero-order valence-electron chi connectivity index (χ0n) is 15.9. The summed E-state index contributed by atoms with van der Waals surface area (Å²) in [5.74, 6) is 1.27. The molecule has 0 saturated heterocycles. The molecule has 146 valence electrons. The van der Waals surface area contributed by atoms with Gasteiger partial charge in [0.05, 0.1) is 19.1 Å². The summed E-state index contributed by atoms with van der Waals surface area (Å²) in [7, 11) is -0.468. The van der Waals surface area contributed by atoms with Crippen molar-refractivity contribution >= 4 is 27.1 Å². The second-order valence-electron chi connectivity index (χ2n) is 6.14. The fraction of sp³-hybridized carbons (Fsp3) is 0.143. The Morgan fingerprint density at radius 1 is 0.750 bits per heavy atom. The van der Waals surface area contributed by atoms with Crippen LogP contribution in [-0.2, 0) is 10.0 Å². The first kappa shape index (κ1) is 19.6. The predicted octanol–water partition coefficient (Wildman–Crippen LogP) is 4.56. The summed E-state index contributed by atoms with van der Waals surface area (Å²) in [4.78, 5) is 0.266. The van der Waals surface area contributed by atoms with Gasteiger partial charge in [0.2, 0.25) is 0 Å². The molecule has 0 aliphatic heterocycles. The number of rotatable bonds is 7. The molecular weight excluding hydrogens is 376 g/mol. The van der Waals surface area contributed by atoms with Crippen molar-refractivity contribution in [2.24, 2.45) is 0 Å². The monoisotopic (exact) mass is 398 g/mol. The average molecular weight is 398 g/mol. The molecule has 0 amide bonds. The molecule has 0 heterocycles. The van der Waals surface area contributed by atoms with E-state index in [0.29, 0.717) is 22.7 Å². The molecule has 0 radical (unpaired) electrons. The fourth-order valence-corrected chi connectivity index (χ4v) is 4.08. The van der Waals surface area contributed by atoms with Crippen LogP contribution in [0.5, 0.6) is 11.5 Å². The largest absolute Gasteiger partial charge is 0.493 e. The van der Waals surface area contributed by atoms with E-state index in [1.807, 2.05) is 24.3 Å². The Kier molecular flexibility index (Phi) is 5.75. The number of methoxy groups -OCH3 is 2. The van der Waals surface area contributed by atoms with Crippen molar-refractivity contribution in [1.82, 2.24) is 0 Å². The highest BCUT2D eigenvalue weighted by atomic mass is 32.2. The van der Waals surface area contributed by atoms with Gasteiger partial charge in [-0.05, 0) is 55.0 Å². The molecule has 0 aliphatic rings. The lowest BCUT2D eigenvalue weighted by molar-refractivity contribution is 0.355. The highest BCUT2D eigenvalue weighted by Crippen LogP contribution is 2.31. The fourth-order valence-electron chi connectivity index (χ4n) is 2.77. The van der Waals surface area contributed by atoms with Gasteiger partial charge in [-0.3, -0.25) is 4.72 Å². The highest BCUT2D eigenvalue weighted by molar-refractivity contribution is 7.92. The Morgan fingerprint density at radius 2 is 1.36 bits per heavy atom. The van der Waals surface area contributed by atoms with E-state index in [4.69, 9.17) is 9.47 Å². The Labute approximate surface area is 165 Å². The highest BCUT2D eigenvalue weighted by Gasteiger charge is 2.16. The summed E-state index contributed by atoms with van der Waals surface area (Å²) in [6.45, 7) is 1.77. The second-order valence-corrected chi connectivity index (χ2v) is 7.79. The van der Waals surface area contributed by atoms with Crippen molar-refractivity contribution < 1.29 is 17.9 Å². The van der Waals surface area contributed by atoms with Gasteiger partial charge in [-0.25, -0.2) is 8.42 Å². The van der Waals surface area contributed by atoms with E-state index in [-0.39, 0.29) is 4.90 Å². The molecule has 3 aromatic rings. The molecule has 3 aromatic carbocycles. The Bertz CT molecular complexity index is 1060. The van der Waals surface area contributed by atoms with E-state index in [0.717, 1.165) is 11.4 Å². The van der Waals surface area contributed by atoms with Gasteiger partial charge in [-0.1, -0.05) is 18.2 Å². The quantitative estimate of drug-likeness (QED) is 0.610. The lowest BCUT2D eigenvalue weighted by Gasteiger charge is -2.13. The third-order valence-corrected chi connectivity index (χ3v) is 5.73. The van der Waals surface area contributed by atoms with Gasteiger partial charge in [-0.2, -0.15) is 0 Å². The molecule has 0 fully saturated rings. The van der Waals surface area contributed by atoms with E-state index in [9.17, 15) is 8.42 Å². The average Bonchev–Trinajstić information content (AvgIpc) is 2.69. The van der Waals surface area contributed by atoms with Crippen LogP contribution in [0.2, 0.25) is 0 Å². The lowest BCUT2D eigenvalue weighted by atomic mass is 10.2. The molecule has 3 rings (SSSR count). The first-order valence-electron chi connectivity index (χ1n) is 8.60. The number of ether oxygens (including phenoxy) is 2. The van der Waals surface area contributed by atoms with Crippen LogP contribution in [-0.4, -0.2) is 22.6 Å². The molecule has 0 aliphatic carbocycles. The number of benzene rings is 3. The topological polar surface area (TPSA) is 76.7 Å². The normalized spacial score (nSPS) is 11.0. The zero-order valence-corrected chi connectivity index (χ0v) is 16.7. The summed E-state index contributed by atoms with van der Waals surface area (Å²) in [5.41, 5.74) is 2.82. The molecule has 7 heteroatoms. The number of sulfonamides is 1. The van der Waals surface area contributed by atoms with Gasteiger partial charge in [0, 0.05) is 23.1 Å². The van der Waals surface area contributed by atoms with Crippen LogP contribution in [0.1, 0.15) is 5.56 Å². The van der Waals surface area contributed by atoms with Crippen molar-refractivity contribution in [2.45, 2.75) is 11.8 Å². The molecule has 0 unspecified atom stereocenters. The number of hydrogen-bond acceptors (Lipinski definition) is 5. The summed E-state index contributed by atoms with van der Waals surface area (Å²) < 4.78 is 38.3. The van der Waals surface area contributed by atoms with Crippen molar-refractivity contribution in [3.63, 3.8) is 0 Å². The van der Waals surface area contributed by atoms with Crippen LogP contribution in [0.4, 0.5) is 17.1 Å². The molecule has 0 atom stereocenters. The van der Waals surface area contributed by atoms with Gasteiger partial charge < -0.3 is 14.8 Å². The number of aryl methyl sites for hydroxylation is 1. The minimum absolute atomic E-state index is 0.266. The molecular formula is C21H22N2O4S. The third kappa shape index (κ3) is 4.37. The van der Waals surface area contributed by atoms with E-state index < -0.39 is 10.0 Å². The minimum Gasteiger partial charge on any atom is -0.493 e. The van der Waals surface area contributed by atoms with Crippen LogP contribution in [0, 0.1) is 6.92 Å². The number of anilines is 3. The maximum absolute atomic E-state index is 12.6. The SMILES string of the molecule is COc1ccc(Nc2ccc(NS(=O)(=O)c3ccccc3C)cc2)cc1OC. The Hall–Kier alpha value is -3.19. The van der Waals surface area contributed by atoms with Crippen molar-refractivity contribution in [3.8, 4) is 11.5 Å². The van der Waals surface area contributed by atoms with Crippen LogP contribution < -0.4 is 19.5 Å². The van der Waals surface area contributed by atoms with E-state index >= 15 is 0 Å². The number of nitrogens with one attached hydrogen (secondary N) is 2. The van der Waals surface area contributed by atoms with Gasteiger partial charge >= 0.3 is 0 Å². The maximum atomic E-state index is 12.6. The zero-order chi connectivity index (χ0) is 20.1. The molecule has 28 heavy (non-hydrogen) atoms. The van der Waals surface area contributed by atoms with E-state index in [2.05, 4.69) is 10.0 Å². The van der Waals surface area contributed by atoms with Crippen LogP contribution >= 0.6 is 0 Å². The molecule has 0 bridgehead atoms. The van der Waals surface area contributed by atoms with Crippen LogP contribution in [0.3, 0.4) is 0 Å². The second kappa shape index (κ2) is 8.22. The smallest absolute Gasteiger partial charge is 0.262 e. The van der Waals surface area contributed by atoms with Gasteiger partial charge in [0.25, 0.3) is 10.0 Å². The van der Waals surface area contributed by atoms with Crippen molar-refractivity contribution in [3.05, 3.63) is 72.3 Å². The number of hydrogen-bond donors (Lipinski definition) is 2. The first-order valence-corrected chi connectivity index (χ1v) is 10.1. The maximum Gasteiger partial charge on any atom is 0.262 e. The standard InChI is InChI=1S/C21H22N2O4S/c1-15-6-4-5-7-21(15)28(24,25)23-17-10-8-16(9-11-17)22-18-12-13-19(26-2)20(14-18)27-3/h4-14,22-23H,1-3H3. The van der Waals surface area contributed by atoms with Crippen molar-refractivity contribution in [2.75, 3.05) is 24.3 Å². The molecule has 2 N–H and O–H groups in total. The predicted molar refractivity (Wildman–Crippen MR) is 111 cm³/mol. The van der Waals surface area contributed by atoms with Crippen LogP contribution in [0.15, 0.2) is 71.6 Å². The van der Waals surface area contributed by atoms with Gasteiger partial charge in [0.1, 0.15) is 0 Å². The molecule has 0 spiro atoms. The molecule has 0 saturated carbocycles. The van der Waals surface area contributed by atoms with Gasteiger partial charge in [0.15, 0.2) is 11.5 Å². The Morgan fingerprint density at radius 3 is 2.00 bits per heavy atom. The minimum atomic E-state index is -3.63. The molecule has 6 nitrogen and oxygen atoms in total. The Balaban J connectivity index is 1.74.